The molecule has 4 aromatic heterocycles. The maximum Gasteiger partial charge on any atom is 0.472 e. The molecule has 6 rings (SSSR count). The number of fused-ring (bicyclic) bond motifs is 2. The van der Waals surface area contributed by atoms with Crippen molar-refractivity contribution in [3.05, 3.63) is 39.7 Å². The standard InChI is InChI=1S/C20H22F2N9O10P/c21-9-7(1-32)40-18(30-5-26-11-15(30)28-19(23)29-17(11)35)12(9)41-42(36,37)39-2-8-13(33)20(22,3-38-8)31-6-27-10-14(31)24-4-25-16(10)34/h4-9,12-13,18,32-33H,1-3H2,(H,36,37)(H,24,25,34)(H3,23,28,29,35)/t7-,8-,9-,12-,13-,18-,20?/m1/s1. The molecular formula is C20H22F2N9O10P. The lowest BCUT2D eigenvalue weighted by molar-refractivity contribution is -0.0567. The van der Waals surface area contributed by atoms with Gasteiger partial charge in [-0.3, -0.25) is 32.8 Å². The zero-order valence-electron chi connectivity index (χ0n) is 21.0. The van der Waals surface area contributed by atoms with Gasteiger partial charge in [0.15, 0.2) is 34.7 Å². The molecule has 7 N–H and O–H groups in total. The third kappa shape index (κ3) is 4.59. The number of aliphatic hydroxyl groups excluding tert-OH is 2. The van der Waals surface area contributed by atoms with E-state index in [9.17, 15) is 29.3 Å². The first-order valence-corrected chi connectivity index (χ1v) is 13.6. The van der Waals surface area contributed by atoms with Crippen molar-refractivity contribution in [1.82, 2.24) is 39.0 Å². The summed E-state index contributed by atoms with van der Waals surface area (Å²) in [5, 5.41) is 20.2. The highest BCUT2D eigenvalue weighted by Crippen LogP contribution is 2.50. The van der Waals surface area contributed by atoms with E-state index in [2.05, 4.69) is 29.9 Å². The number of phosphoric acid groups is 1. The molecule has 0 aliphatic carbocycles. The number of alkyl halides is 2. The largest absolute Gasteiger partial charge is 0.472 e. The van der Waals surface area contributed by atoms with Crippen molar-refractivity contribution in [1.29, 1.82) is 0 Å². The number of imidazole rings is 2. The Morgan fingerprint density at radius 1 is 1.19 bits per heavy atom. The lowest BCUT2D eigenvalue weighted by atomic mass is 10.1. The molecule has 0 amide bonds. The normalized spacial score (nSPS) is 31.3. The van der Waals surface area contributed by atoms with Gasteiger partial charge in [-0.05, 0) is 0 Å². The molecule has 0 bridgehead atoms. The number of nitrogen functional groups attached to an aromatic ring is 1. The third-order valence-corrected chi connectivity index (χ3v) is 7.86. The van der Waals surface area contributed by atoms with Crippen molar-refractivity contribution < 1.29 is 47.0 Å². The van der Waals surface area contributed by atoms with Crippen LogP contribution in [0, 0.1) is 0 Å². The van der Waals surface area contributed by atoms with E-state index < -0.39 is 81.4 Å². The number of phosphoric ester groups is 1. The van der Waals surface area contributed by atoms with Gasteiger partial charge in [-0.25, -0.2) is 28.3 Å². The van der Waals surface area contributed by atoms with E-state index in [0.717, 1.165) is 28.1 Å². The first kappa shape index (κ1) is 28.4. The van der Waals surface area contributed by atoms with Crippen molar-refractivity contribution in [2.75, 3.05) is 25.6 Å². The van der Waals surface area contributed by atoms with Crippen molar-refractivity contribution in [2.45, 2.75) is 42.6 Å². The summed E-state index contributed by atoms with van der Waals surface area (Å²) in [5.74, 6) is -3.00. The molecule has 8 atom stereocenters. The number of nitrogens with zero attached hydrogens (tertiary/aromatic N) is 6. The van der Waals surface area contributed by atoms with Gasteiger partial charge in [-0.15, -0.1) is 0 Å². The van der Waals surface area contributed by atoms with Crippen LogP contribution in [0.2, 0.25) is 0 Å². The SMILES string of the molecule is Nc1nc2c(ncn2[C@@H]2O[C@H](CO)[C@@H](F)[C@H]2OP(=O)(O)OC[C@H]2OCC(F)(n3cnc4c(=O)[nH]cnc43)[C@@H]2O)c(=O)[nH]1. The average Bonchev–Trinajstić information content (AvgIpc) is 3.70. The molecule has 2 aliphatic rings. The van der Waals surface area contributed by atoms with Crippen LogP contribution in [0.15, 0.2) is 28.6 Å². The lowest BCUT2D eigenvalue weighted by Gasteiger charge is -2.26. The highest BCUT2D eigenvalue weighted by molar-refractivity contribution is 7.47. The Kier molecular flexibility index (Phi) is 6.93. The predicted octanol–water partition coefficient (Wildman–Crippen LogP) is -2.05. The smallest absolute Gasteiger partial charge is 0.394 e. The summed E-state index contributed by atoms with van der Waals surface area (Å²) in [7, 11) is -5.20. The number of halogens is 2. The van der Waals surface area contributed by atoms with Gasteiger partial charge in [-0.1, -0.05) is 0 Å². The van der Waals surface area contributed by atoms with Crippen molar-refractivity contribution in [3.8, 4) is 0 Å². The van der Waals surface area contributed by atoms with Gasteiger partial charge in [0.05, 0.1) is 25.9 Å². The number of aliphatic hydroxyl groups is 2. The number of aromatic amines is 2. The monoisotopic (exact) mass is 617 g/mol. The zero-order valence-corrected chi connectivity index (χ0v) is 21.9. The summed E-state index contributed by atoms with van der Waals surface area (Å²) in [6.07, 6.45) is -7.72. The fraction of sp³-hybridized carbons (Fsp3) is 0.500. The fourth-order valence-electron chi connectivity index (χ4n) is 4.81. The van der Waals surface area contributed by atoms with Crippen LogP contribution in [-0.2, 0) is 28.9 Å². The maximum atomic E-state index is 15.9. The molecule has 0 radical (unpaired) electrons. The molecule has 2 saturated heterocycles. The zero-order chi connectivity index (χ0) is 30.0. The number of hydrogen-bond acceptors (Lipinski definition) is 14. The molecule has 4 aromatic rings. The number of anilines is 1. The molecule has 0 spiro atoms. The fourth-order valence-corrected chi connectivity index (χ4v) is 5.74. The number of nitrogens with one attached hydrogen (secondary N) is 2. The Balaban J connectivity index is 1.19. The first-order chi connectivity index (χ1) is 19.9. The van der Waals surface area contributed by atoms with Crippen LogP contribution in [0.4, 0.5) is 14.7 Å². The van der Waals surface area contributed by atoms with Crippen molar-refractivity contribution in [3.63, 3.8) is 0 Å². The molecule has 226 valence electrons. The van der Waals surface area contributed by atoms with E-state index in [1.165, 1.54) is 0 Å². The summed E-state index contributed by atoms with van der Waals surface area (Å²) < 4.78 is 66.5. The molecule has 0 saturated carbocycles. The first-order valence-electron chi connectivity index (χ1n) is 12.1. The van der Waals surface area contributed by atoms with E-state index in [-0.39, 0.29) is 28.3 Å². The van der Waals surface area contributed by atoms with Gasteiger partial charge in [0, 0.05) is 0 Å². The second kappa shape index (κ2) is 10.2. The minimum absolute atomic E-state index is 0.167. The highest BCUT2D eigenvalue weighted by atomic mass is 31.2. The topological polar surface area (TPSA) is 268 Å². The molecule has 19 nitrogen and oxygen atoms in total. The Labute approximate surface area is 230 Å². The van der Waals surface area contributed by atoms with Crippen LogP contribution in [0.25, 0.3) is 22.3 Å². The molecule has 42 heavy (non-hydrogen) atoms. The minimum Gasteiger partial charge on any atom is -0.394 e. The van der Waals surface area contributed by atoms with Crippen LogP contribution in [0.5, 0.6) is 0 Å². The maximum absolute atomic E-state index is 15.9. The molecule has 6 heterocycles. The highest BCUT2D eigenvalue weighted by Gasteiger charge is 2.54. The average molecular weight is 617 g/mol. The predicted molar refractivity (Wildman–Crippen MR) is 132 cm³/mol. The number of hydrogen-bond donors (Lipinski definition) is 6. The van der Waals surface area contributed by atoms with E-state index in [1.54, 1.807) is 0 Å². The van der Waals surface area contributed by atoms with Gasteiger partial charge in [0.2, 0.25) is 11.7 Å². The number of rotatable bonds is 8. The van der Waals surface area contributed by atoms with Gasteiger partial charge in [0.25, 0.3) is 11.1 Å². The van der Waals surface area contributed by atoms with E-state index in [1.807, 2.05) is 0 Å². The van der Waals surface area contributed by atoms with Crippen LogP contribution in [0.1, 0.15) is 6.23 Å². The van der Waals surface area contributed by atoms with Crippen LogP contribution < -0.4 is 16.9 Å². The van der Waals surface area contributed by atoms with Crippen LogP contribution in [-0.4, -0.2) is 105 Å². The summed E-state index contributed by atoms with van der Waals surface area (Å²) in [5.41, 5.74) is 3.46. The van der Waals surface area contributed by atoms with Crippen LogP contribution >= 0.6 is 7.82 Å². The minimum atomic E-state index is -5.20. The third-order valence-electron chi connectivity index (χ3n) is 6.87. The Morgan fingerprint density at radius 3 is 2.69 bits per heavy atom. The van der Waals surface area contributed by atoms with E-state index >= 15 is 8.78 Å². The lowest BCUT2D eigenvalue weighted by Crippen LogP contribution is -2.43. The van der Waals surface area contributed by atoms with Crippen LogP contribution in [0.3, 0.4) is 0 Å². The molecule has 2 aliphatic heterocycles. The Bertz CT molecular complexity index is 1810. The summed E-state index contributed by atoms with van der Waals surface area (Å²) in [4.78, 5) is 54.5. The summed E-state index contributed by atoms with van der Waals surface area (Å²) in [6, 6.07) is 0. The number of nitrogens with two attached hydrogens (primary N) is 1. The number of aromatic nitrogens is 8. The van der Waals surface area contributed by atoms with Gasteiger partial charge >= 0.3 is 7.82 Å². The summed E-state index contributed by atoms with van der Waals surface area (Å²) >= 11 is 0. The Hall–Kier alpha value is -3.69. The van der Waals surface area contributed by atoms with Crippen molar-refractivity contribution in [2.24, 2.45) is 0 Å². The molecular weight excluding hydrogens is 595 g/mol. The molecule has 2 fully saturated rings. The van der Waals surface area contributed by atoms with Crippen molar-refractivity contribution >= 4 is 36.1 Å². The molecule has 22 heteroatoms. The summed E-state index contributed by atoms with van der Waals surface area (Å²) in [6.45, 7) is -2.52. The van der Waals surface area contributed by atoms with Gasteiger partial charge < -0.3 is 35.3 Å². The number of ether oxygens (including phenoxy) is 2. The second-order valence-electron chi connectivity index (χ2n) is 9.43. The Morgan fingerprint density at radius 2 is 1.93 bits per heavy atom. The van der Waals surface area contributed by atoms with E-state index in [4.69, 9.17) is 24.3 Å². The quantitative estimate of drug-likeness (QED) is 0.116. The number of H-pyrrole nitrogens is 2. The van der Waals surface area contributed by atoms with E-state index in [0.29, 0.717) is 0 Å². The van der Waals surface area contributed by atoms with Gasteiger partial charge in [-0.2, -0.15) is 4.98 Å². The second-order valence-corrected chi connectivity index (χ2v) is 10.8. The van der Waals surface area contributed by atoms with Gasteiger partial charge in [0.1, 0.15) is 37.4 Å². The molecule has 2 unspecified atom stereocenters. The molecule has 0 aromatic carbocycles.